The van der Waals surface area contributed by atoms with Crippen molar-refractivity contribution in [3.63, 3.8) is 0 Å². The molecule has 0 radical (unpaired) electrons. The van der Waals surface area contributed by atoms with E-state index in [9.17, 15) is 9.59 Å². The van der Waals surface area contributed by atoms with Crippen LogP contribution in [0.5, 0.6) is 5.88 Å². The number of hydrogen-bond acceptors (Lipinski definition) is 8. The molecule has 9 nitrogen and oxygen atoms in total. The van der Waals surface area contributed by atoms with E-state index >= 15 is 0 Å². The Morgan fingerprint density at radius 2 is 1.97 bits per heavy atom. The summed E-state index contributed by atoms with van der Waals surface area (Å²) in [6, 6.07) is 1.06. The number of ether oxygens (including phenoxy) is 4. The summed E-state index contributed by atoms with van der Waals surface area (Å²) < 4.78 is 26.8. The van der Waals surface area contributed by atoms with Gasteiger partial charge in [0.25, 0.3) is 5.88 Å². The van der Waals surface area contributed by atoms with Crippen LogP contribution in [0.2, 0.25) is 0 Å². The van der Waals surface area contributed by atoms with Crippen LogP contribution in [-0.2, 0) is 23.8 Å². The highest BCUT2D eigenvalue weighted by atomic mass is 16.7. The van der Waals surface area contributed by atoms with Crippen molar-refractivity contribution in [1.29, 1.82) is 0 Å². The lowest BCUT2D eigenvalue weighted by Crippen LogP contribution is -2.44. The molecule has 9 heteroatoms. The highest BCUT2D eigenvalue weighted by Crippen LogP contribution is 2.32. The molecule has 0 N–H and O–H groups in total. The smallest absolute Gasteiger partial charge is 0.328 e. The van der Waals surface area contributed by atoms with Crippen LogP contribution in [0, 0.1) is 5.92 Å². The van der Waals surface area contributed by atoms with E-state index in [4.69, 9.17) is 23.5 Å². The largest absolute Gasteiger partial charge is 0.470 e. The zero-order chi connectivity index (χ0) is 21.4. The van der Waals surface area contributed by atoms with Gasteiger partial charge in [-0.25, -0.2) is 4.79 Å². The molecule has 1 aliphatic heterocycles. The first-order valence-electron chi connectivity index (χ1n) is 10.1. The Morgan fingerprint density at radius 3 is 2.55 bits per heavy atom. The molecule has 1 aliphatic rings. The molecule has 0 aliphatic carbocycles. The van der Waals surface area contributed by atoms with Crippen LogP contribution in [-0.4, -0.2) is 67.7 Å². The monoisotopic (exact) mass is 412 g/mol. The van der Waals surface area contributed by atoms with E-state index in [2.05, 4.69) is 5.16 Å². The van der Waals surface area contributed by atoms with Crippen LogP contribution >= 0.6 is 0 Å². The van der Waals surface area contributed by atoms with Gasteiger partial charge in [0, 0.05) is 25.8 Å². The highest BCUT2D eigenvalue weighted by molar-refractivity contribution is 5.89. The number of rotatable bonds is 11. The molecule has 0 spiro atoms. The Labute approximate surface area is 171 Å². The summed E-state index contributed by atoms with van der Waals surface area (Å²) in [5, 5.41) is 3.92. The van der Waals surface area contributed by atoms with Crippen molar-refractivity contribution >= 4 is 11.9 Å². The van der Waals surface area contributed by atoms with Crippen LogP contribution in [0.3, 0.4) is 0 Å². The molecular formula is C20H32N2O7. The molecule has 2 rings (SSSR count). The fourth-order valence-electron chi connectivity index (χ4n) is 3.48. The summed E-state index contributed by atoms with van der Waals surface area (Å²) in [4.78, 5) is 26.8. The average molecular weight is 412 g/mol. The Bertz CT molecular complexity index is 655. The number of nitrogens with zero attached hydrogens (tertiary/aromatic N) is 2. The lowest BCUT2D eigenvalue weighted by molar-refractivity contribution is -0.153. The molecule has 1 aromatic rings. The maximum Gasteiger partial charge on any atom is 0.328 e. The van der Waals surface area contributed by atoms with Crippen molar-refractivity contribution < 1.29 is 33.1 Å². The third-order valence-corrected chi connectivity index (χ3v) is 4.83. The first-order valence-corrected chi connectivity index (χ1v) is 10.1. The highest BCUT2D eigenvalue weighted by Gasteiger charge is 2.40. The van der Waals surface area contributed by atoms with E-state index in [1.165, 1.54) is 7.11 Å². The van der Waals surface area contributed by atoms with Gasteiger partial charge in [-0.1, -0.05) is 13.8 Å². The molecule has 29 heavy (non-hydrogen) atoms. The first kappa shape index (κ1) is 23.2. The van der Waals surface area contributed by atoms with E-state index in [1.54, 1.807) is 11.0 Å². The Hall–Kier alpha value is -2.13. The quantitative estimate of drug-likeness (QED) is 0.403. The van der Waals surface area contributed by atoms with Gasteiger partial charge < -0.3 is 28.4 Å². The molecule has 1 aromatic heterocycles. The Morgan fingerprint density at radius 1 is 1.28 bits per heavy atom. The molecule has 1 amide bonds. The van der Waals surface area contributed by atoms with Gasteiger partial charge in [-0.2, -0.15) is 0 Å². The topological polar surface area (TPSA) is 100 Å². The predicted octanol–water partition coefficient (Wildman–Crippen LogP) is 2.36. The summed E-state index contributed by atoms with van der Waals surface area (Å²) in [6.07, 6.45) is 0.861. The predicted molar refractivity (Wildman–Crippen MR) is 103 cm³/mol. The number of esters is 1. The van der Waals surface area contributed by atoms with Crippen molar-refractivity contribution in [2.24, 2.45) is 5.92 Å². The lowest BCUT2D eigenvalue weighted by atomic mass is 9.91. The molecule has 0 bridgehead atoms. The van der Waals surface area contributed by atoms with Crippen LogP contribution in [0.25, 0.3) is 0 Å². The number of carbonyl (C=O) groups excluding carboxylic acids is 2. The van der Waals surface area contributed by atoms with Crippen LogP contribution < -0.4 is 4.74 Å². The van der Waals surface area contributed by atoms with E-state index < -0.39 is 24.2 Å². The molecule has 0 aromatic carbocycles. The number of likely N-dealkylation sites (tertiary alicyclic amines) is 1. The summed E-state index contributed by atoms with van der Waals surface area (Å²) in [5.74, 6) is -0.523. The van der Waals surface area contributed by atoms with Crippen molar-refractivity contribution in [2.75, 3.05) is 33.5 Å². The van der Waals surface area contributed by atoms with Crippen LogP contribution in [0.1, 0.15) is 52.2 Å². The fraction of sp³-hybridized carbons (Fsp3) is 0.750. The van der Waals surface area contributed by atoms with Gasteiger partial charge in [-0.15, -0.1) is 0 Å². The van der Waals surface area contributed by atoms with Gasteiger partial charge in [-0.05, 0) is 37.8 Å². The number of aromatic nitrogens is 1. The van der Waals surface area contributed by atoms with Gasteiger partial charge in [0.05, 0.1) is 7.11 Å². The minimum absolute atomic E-state index is 0.0539. The Balaban J connectivity index is 2.09. The maximum atomic E-state index is 13.2. The third-order valence-electron chi connectivity index (χ3n) is 4.83. The summed E-state index contributed by atoms with van der Waals surface area (Å²) in [6.45, 7) is 9.27. The van der Waals surface area contributed by atoms with Crippen molar-refractivity contribution in [1.82, 2.24) is 10.1 Å². The van der Waals surface area contributed by atoms with Gasteiger partial charge in [-0.3, -0.25) is 4.79 Å². The first-order chi connectivity index (χ1) is 13.9. The van der Waals surface area contributed by atoms with E-state index in [0.29, 0.717) is 31.9 Å². The standard InChI is InChI=1S/C20H32N2O7/c1-6-26-17(27-7-2)12-28-16-11-15(29-21-16)18(13(3)4)19(23)22-10-8-9-14(22)20(24)25-5/h11,13-14,17-18H,6-10,12H2,1-5H3. The van der Waals surface area contributed by atoms with Gasteiger partial charge >= 0.3 is 5.97 Å². The molecule has 2 atom stereocenters. The second-order valence-electron chi connectivity index (χ2n) is 7.15. The van der Waals surface area contributed by atoms with Gasteiger partial charge in [0.15, 0.2) is 12.1 Å². The van der Waals surface area contributed by atoms with Gasteiger partial charge in [0.1, 0.15) is 18.6 Å². The van der Waals surface area contributed by atoms with Crippen molar-refractivity contribution in [2.45, 2.75) is 58.8 Å². The molecule has 164 valence electrons. The third kappa shape index (κ3) is 5.93. The number of carbonyl (C=O) groups is 2. The number of amides is 1. The van der Waals surface area contributed by atoms with Crippen LogP contribution in [0.4, 0.5) is 0 Å². The molecule has 2 unspecified atom stereocenters. The van der Waals surface area contributed by atoms with Crippen LogP contribution in [0.15, 0.2) is 10.6 Å². The fourth-order valence-corrected chi connectivity index (χ4v) is 3.48. The van der Waals surface area contributed by atoms with Crippen molar-refractivity contribution in [3.8, 4) is 5.88 Å². The molecule has 1 saturated heterocycles. The van der Waals surface area contributed by atoms with E-state index in [0.717, 1.165) is 6.42 Å². The minimum Gasteiger partial charge on any atom is -0.470 e. The molecular weight excluding hydrogens is 380 g/mol. The summed E-state index contributed by atoms with van der Waals surface area (Å²) in [5.41, 5.74) is 0. The maximum absolute atomic E-state index is 13.2. The summed E-state index contributed by atoms with van der Waals surface area (Å²) >= 11 is 0. The van der Waals surface area contributed by atoms with E-state index in [-0.39, 0.29) is 24.3 Å². The zero-order valence-corrected chi connectivity index (χ0v) is 17.9. The average Bonchev–Trinajstić information content (AvgIpc) is 3.35. The van der Waals surface area contributed by atoms with E-state index in [1.807, 2.05) is 27.7 Å². The Kier molecular flexibility index (Phi) is 8.91. The SMILES string of the molecule is CCOC(COc1cc(C(C(=O)N2CCCC2C(=O)OC)C(C)C)on1)OCC. The number of methoxy groups -OCH3 is 1. The molecule has 1 fully saturated rings. The molecule has 0 saturated carbocycles. The number of hydrogen-bond donors (Lipinski definition) is 0. The normalized spacial score (nSPS) is 17.8. The molecule has 2 heterocycles. The second-order valence-corrected chi connectivity index (χ2v) is 7.15. The van der Waals surface area contributed by atoms with Gasteiger partial charge in [0.2, 0.25) is 5.91 Å². The summed E-state index contributed by atoms with van der Waals surface area (Å²) in [7, 11) is 1.33. The minimum atomic E-state index is -0.570. The van der Waals surface area contributed by atoms with Crippen molar-refractivity contribution in [3.05, 3.63) is 11.8 Å². The second kappa shape index (κ2) is 11.2. The zero-order valence-electron chi connectivity index (χ0n) is 17.9. The lowest BCUT2D eigenvalue weighted by Gasteiger charge is -2.28.